The fraction of sp³-hybridized carbons (Fsp3) is 0.471. The van der Waals surface area contributed by atoms with Crippen molar-refractivity contribution < 1.29 is 24.2 Å². The van der Waals surface area contributed by atoms with Crippen LogP contribution in [0.1, 0.15) is 37.6 Å². The van der Waals surface area contributed by atoms with E-state index >= 15 is 0 Å². The zero-order valence-electron chi connectivity index (χ0n) is 14.7. The highest BCUT2D eigenvalue weighted by molar-refractivity contribution is 5.96. The molecule has 138 valence electrons. The van der Waals surface area contributed by atoms with Gasteiger partial charge in [0.05, 0.1) is 5.56 Å². The van der Waals surface area contributed by atoms with E-state index in [4.69, 9.17) is 4.74 Å². The van der Waals surface area contributed by atoms with Gasteiger partial charge in [-0.2, -0.15) is 0 Å². The SMILES string of the molecule is CC(C)(C)OC(=O)NCCC(=O)NCCNC(=O)c1ccccc1O. The van der Waals surface area contributed by atoms with Gasteiger partial charge in [-0.15, -0.1) is 0 Å². The second-order valence-electron chi connectivity index (χ2n) is 6.30. The number of rotatable bonds is 7. The Hall–Kier alpha value is -2.77. The van der Waals surface area contributed by atoms with Crippen LogP contribution in [0.4, 0.5) is 4.79 Å². The van der Waals surface area contributed by atoms with Gasteiger partial charge in [0.1, 0.15) is 11.4 Å². The van der Waals surface area contributed by atoms with Gasteiger partial charge < -0.3 is 25.8 Å². The van der Waals surface area contributed by atoms with E-state index in [0.29, 0.717) is 0 Å². The molecule has 25 heavy (non-hydrogen) atoms. The number of carbonyl (C=O) groups is 3. The Morgan fingerprint density at radius 3 is 2.28 bits per heavy atom. The summed E-state index contributed by atoms with van der Waals surface area (Å²) in [5, 5.41) is 17.3. The zero-order chi connectivity index (χ0) is 18.9. The number of alkyl carbamates (subject to hydrolysis) is 1. The molecule has 0 bridgehead atoms. The van der Waals surface area contributed by atoms with Crippen molar-refractivity contribution in [3.63, 3.8) is 0 Å². The number of phenolic OH excluding ortho intramolecular Hbond substituents is 1. The van der Waals surface area contributed by atoms with E-state index in [1.807, 2.05) is 0 Å². The van der Waals surface area contributed by atoms with Gasteiger partial charge >= 0.3 is 6.09 Å². The van der Waals surface area contributed by atoms with Gasteiger partial charge in [-0.3, -0.25) is 9.59 Å². The number of carbonyl (C=O) groups excluding carboxylic acids is 3. The fourth-order valence-corrected chi connectivity index (χ4v) is 1.82. The third-order valence-corrected chi connectivity index (χ3v) is 2.90. The summed E-state index contributed by atoms with van der Waals surface area (Å²) in [7, 11) is 0. The molecule has 0 radical (unpaired) electrons. The van der Waals surface area contributed by atoms with Crippen LogP contribution in [0.3, 0.4) is 0 Å². The zero-order valence-corrected chi connectivity index (χ0v) is 14.7. The Bertz CT molecular complexity index is 611. The maximum Gasteiger partial charge on any atom is 0.407 e. The van der Waals surface area contributed by atoms with Gasteiger partial charge in [0.2, 0.25) is 5.91 Å². The number of nitrogens with one attached hydrogen (secondary N) is 3. The van der Waals surface area contributed by atoms with Crippen LogP contribution in [0.15, 0.2) is 24.3 Å². The summed E-state index contributed by atoms with van der Waals surface area (Å²) in [5.74, 6) is -0.774. The highest BCUT2D eigenvalue weighted by atomic mass is 16.6. The van der Waals surface area contributed by atoms with E-state index in [2.05, 4.69) is 16.0 Å². The lowest BCUT2D eigenvalue weighted by Crippen LogP contribution is -2.37. The van der Waals surface area contributed by atoms with Crippen LogP contribution in [0.5, 0.6) is 5.75 Å². The molecule has 0 unspecified atom stereocenters. The third-order valence-electron chi connectivity index (χ3n) is 2.90. The molecule has 3 amide bonds. The summed E-state index contributed by atoms with van der Waals surface area (Å²) in [6.07, 6.45) is -0.470. The number of hydrogen-bond acceptors (Lipinski definition) is 5. The standard InChI is InChI=1S/C17H25N3O5/c1-17(2,3)25-16(24)20-9-8-14(22)18-10-11-19-15(23)12-6-4-5-7-13(12)21/h4-7,21H,8-11H2,1-3H3,(H,18,22)(H,19,23)(H,20,24). The van der Waals surface area contributed by atoms with Crippen molar-refractivity contribution in [2.24, 2.45) is 0 Å². The third kappa shape index (κ3) is 8.59. The Morgan fingerprint density at radius 2 is 1.64 bits per heavy atom. The Labute approximate surface area is 146 Å². The van der Waals surface area contributed by atoms with E-state index in [0.717, 1.165) is 0 Å². The number of ether oxygens (including phenoxy) is 1. The van der Waals surface area contributed by atoms with Crippen LogP contribution in [0.2, 0.25) is 0 Å². The van der Waals surface area contributed by atoms with Crippen molar-refractivity contribution in [2.45, 2.75) is 32.8 Å². The average molecular weight is 351 g/mol. The lowest BCUT2D eigenvalue weighted by Gasteiger charge is -2.19. The summed E-state index contributed by atoms with van der Waals surface area (Å²) >= 11 is 0. The first kappa shape index (κ1) is 20.3. The maximum absolute atomic E-state index is 11.8. The molecule has 0 spiro atoms. The highest BCUT2D eigenvalue weighted by Crippen LogP contribution is 2.14. The van der Waals surface area contributed by atoms with Crippen molar-refractivity contribution in [1.82, 2.24) is 16.0 Å². The first-order chi connectivity index (χ1) is 11.7. The van der Waals surface area contributed by atoms with Crippen LogP contribution in [-0.2, 0) is 9.53 Å². The topological polar surface area (TPSA) is 117 Å². The van der Waals surface area contributed by atoms with Crippen molar-refractivity contribution in [3.8, 4) is 5.75 Å². The summed E-state index contributed by atoms with van der Waals surface area (Å²) < 4.78 is 5.05. The second kappa shape index (κ2) is 9.51. The predicted molar refractivity (Wildman–Crippen MR) is 92.3 cm³/mol. The molecule has 0 aliphatic rings. The molecule has 1 aromatic carbocycles. The van der Waals surface area contributed by atoms with Crippen molar-refractivity contribution in [2.75, 3.05) is 19.6 Å². The second-order valence-corrected chi connectivity index (χ2v) is 6.30. The minimum atomic E-state index is -0.586. The Balaban J connectivity index is 2.16. The average Bonchev–Trinajstić information content (AvgIpc) is 2.50. The maximum atomic E-state index is 11.8. The number of hydrogen-bond donors (Lipinski definition) is 4. The lowest BCUT2D eigenvalue weighted by atomic mass is 10.2. The predicted octanol–water partition coefficient (Wildman–Crippen LogP) is 1.15. The van der Waals surface area contributed by atoms with Gasteiger partial charge in [0.15, 0.2) is 0 Å². The molecule has 4 N–H and O–H groups in total. The molecule has 1 aromatic rings. The van der Waals surface area contributed by atoms with E-state index in [1.165, 1.54) is 12.1 Å². The van der Waals surface area contributed by atoms with Gasteiger partial charge in [-0.1, -0.05) is 12.1 Å². The first-order valence-corrected chi connectivity index (χ1v) is 7.99. The molecular weight excluding hydrogens is 326 g/mol. The monoisotopic (exact) mass is 351 g/mol. The van der Waals surface area contributed by atoms with Crippen LogP contribution < -0.4 is 16.0 Å². The molecule has 0 saturated carbocycles. The van der Waals surface area contributed by atoms with Crippen LogP contribution in [-0.4, -0.2) is 48.2 Å². The molecule has 0 aliphatic heterocycles. The number of para-hydroxylation sites is 1. The van der Waals surface area contributed by atoms with E-state index in [9.17, 15) is 19.5 Å². The Morgan fingerprint density at radius 1 is 1.00 bits per heavy atom. The summed E-state index contributed by atoms with van der Waals surface area (Å²) in [5.41, 5.74) is -0.409. The fourth-order valence-electron chi connectivity index (χ4n) is 1.82. The smallest absolute Gasteiger partial charge is 0.407 e. The van der Waals surface area contributed by atoms with Gasteiger partial charge in [-0.25, -0.2) is 4.79 Å². The van der Waals surface area contributed by atoms with Crippen molar-refractivity contribution in [3.05, 3.63) is 29.8 Å². The van der Waals surface area contributed by atoms with Gasteiger partial charge in [0.25, 0.3) is 5.91 Å². The molecule has 0 atom stereocenters. The van der Waals surface area contributed by atoms with Crippen molar-refractivity contribution in [1.29, 1.82) is 0 Å². The highest BCUT2D eigenvalue weighted by Gasteiger charge is 2.15. The largest absolute Gasteiger partial charge is 0.507 e. The van der Waals surface area contributed by atoms with E-state index in [1.54, 1.807) is 32.9 Å². The minimum Gasteiger partial charge on any atom is -0.507 e. The minimum absolute atomic E-state index is 0.0998. The molecule has 0 aliphatic carbocycles. The van der Waals surface area contributed by atoms with Crippen LogP contribution >= 0.6 is 0 Å². The molecule has 8 heteroatoms. The van der Waals surface area contributed by atoms with Gasteiger partial charge in [-0.05, 0) is 32.9 Å². The molecule has 0 saturated heterocycles. The summed E-state index contributed by atoms with van der Waals surface area (Å²) in [6.45, 7) is 5.88. The molecule has 8 nitrogen and oxygen atoms in total. The van der Waals surface area contributed by atoms with Crippen LogP contribution in [0.25, 0.3) is 0 Å². The molecular formula is C17H25N3O5. The molecule has 0 heterocycles. The molecule has 0 aromatic heterocycles. The van der Waals surface area contributed by atoms with Crippen LogP contribution in [0, 0.1) is 0 Å². The van der Waals surface area contributed by atoms with E-state index < -0.39 is 17.6 Å². The van der Waals surface area contributed by atoms with E-state index in [-0.39, 0.29) is 43.3 Å². The Kier molecular flexibility index (Phi) is 7.71. The van der Waals surface area contributed by atoms with Gasteiger partial charge in [0, 0.05) is 26.1 Å². The molecule has 0 fully saturated rings. The first-order valence-electron chi connectivity index (χ1n) is 7.99. The quantitative estimate of drug-likeness (QED) is 0.550. The number of benzene rings is 1. The molecule has 1 rings (SSSR count). The number of phenols is 1. The number of amides is 3. The van der Waals surface area contributed by atoms with Crippen molar-refractivity contribution >= 4 is 17.9 Å². The lowest BCUT2D eigenvalue weighted by molar-refractivity contribution is -0.120. The summed E-state index contributed by atoms with van der Waals surface area (Å²) in [4.78, 5) is 34.9. The normalized spacial score (nSPS) is 10.7. The number of aromatic hydroxyl groups is 1. The summed E-state index contributed by atoms with van der Waals surface area (Å²) in [6, 6.07) is 6.20.